The zero-order valence-corrected chi connectivity index (χ0v) is 27.1. The van der Waals surface area contributed by atoms with Gasteiger partial charge in [-0.25, -0.2) is 8.42 Å². The second kappa shape index (κ2) is 12.9. The van der Waals surface area contributed by atoms with Gasteiger partial charge in [-0.05, 0) is 97.6 Å². The molecule has 2 heterocycles. The van der Waals surface area contributed by atoms with E-state index in [-0.39, 0.29) is 29.5 Å². The van der Waals surface area contributed by atoms with Gasteiger partial charge in [0.15, 0.2) is 0 Å². The van der Waals surface area contributed by atoms with Crippen LogP contribution in [0.2, 0.25) is 5.02 Å². The van der Waals surface area contributed by atoms with E-state index in [0.29, 0.717) is 45.1 Å². The van der Waals surface area contributed by atoms with Crippen LogP contribution in [0.25, 0.3) is 11.0 Å². The molecule has 0 fully saturated rings. The molecule has 0 saturated heterocycles. The summed E-state index contributed by atoms with van der Waals surface area (Å²) in [6, 6.07) is 22.6. The van der Waals surface area contributed by atoms with Gasteiger partial charge < -0.3 is 20.4 Å². The van der Waals surface area contributed by atoms with E-state index in [1.165, 1.54) is 6.07 Å². The molecular weight excluding hydrogens is 640 g/mol. The SMILES string of the molecule is Cc1cc(S(=O)(=O)N2c3ccccc3NC(=O)[C@H]2CC(=O)NCCc2ccc(NC(=O)c3ccc4occc4c3)cc2)c(C)cc1Cl. The molecule has 0 bridgehead atoms. The Balaban J connectivity index is 1.11. The fourth-order valence-corrected chi connectivity index (χ4v) is 7.68. The number of carbonyl (C=O) groups is 3. The van der Waals surface area contributed by atoms with Crippen molar-refractivity contribution in [3.8, 4) is 0 Å². The van der Waals surface area contributed by atoms with Crippen LogP contribution in [0.1, 0.15) is 33.5 Å². The number of hydrogen-bond acceptors (Lipinski definition) is 6. The van der Waals surface area contributed by atoms with E-state index in [0.717, 1.165) is 15.3 Å². The maximum atomic E-state index is 14.1. The highest BCUT2D eigenvalue weighted by Gasteiger charge is 2.42. The number of nitrogens with zero attached hydrogens (tertiary/aromatic N) is 1. The highest BCUT2D eigenvalue weighted by molar-refractivity contribution is 7.93. The molecule has 0 saturated carbocycles. The quantitative estimate of drug-likeness (QED) is 0.170. The van der Waals surface area contributed by atoms with Crippen molar-refractivity contribution in [2.24, 2.45) is 0 Å². The van der Waals surface area contributed by atoms with Gasteiger partial charge in [-0.3, -0.25) is 18.7 Å². The molecule has 240 valence electrons. The number of rotatable bonds is 9. The van der Waals surface area contributed by atoms with Crippen LogP contribution in [0.4, 0.5) is 17.1 Å². The number of nitrogens with one attached hydrogen (secondary N) is 3. The Kier molecular flexibility index (Phi) is 8.76. The van der Waals surface area contributed by atoms with Crippen LogP contribution in [-0.4, -0.2) is 38.7 Å². The number of benzene rings is 4. The van der Waals surface area contributed by atoms with E-state index in [1.807, 2.05) is 12.1 Å². The minimum Gasteiger partial charge on any atom is -0.464 e. The highest BCUT2D eigenvalue weighted by Crippen LogP contribution is 2.38. The molecule has 3 amide bonds. The molecule has 1 aromatic heterocycles. The van der Waals surface area contributed by atoms with Gasteiger partial charge in [-0.2, -0.15) is 0 Å². The van der Waals surface area contributed by atoms with Gasteiger partial charge in [0.1, 0.15) is 11.6 Å². The molecule has 1 aliphatic rings. The molecule has 10 nitrogen and oxygen atoms in total. The molecule has 6 rings (SSSR count). The maximum absolute atomic E-state index is 14.1. The Hall–Kier alpha value is -5.13. The third kappa shape index (κ3) is 6.58. The predicted molar refractivity (Wildman–Crippen MR) is 181 cm³/mol. The summed E-state index contributed by atoms with van der Waals surface area (Å²) in [5, 5.41) is 9.69. The Morgan fingerprint density at radius 3 is 2.51 bits per heavy atom. The van der Waals surface area contributed by atoms with Gasteiger partial charge in [0, 0.05) is 28.2 Å². The standard InChI is InChI=1S/C35H31ClN4O6S/c1-21-18-32(22(2)17-27(21)36)47(44,45)40-29-6-4-3-5-28(29)39-35(43)30(40)20-33(41)37-15-13-23-7-10-26(11-8-23)38-34(42)25-9-12-31-24(19-25)14-16-46-31/h3-12,14,16-19,30H,13,15,20H2,1-2H3,(H,37,41)(H,38,42)(H,39,43)/t30-/m1/s1. The summed E-state index contributed by atoms with van der Waals surface area (Å²) in [6.45, 7) is 3.59. The fourth-order valence-electron chi connectivity index (χ4n) is 5.53. The largest absolute Gasteiger partial charge is 0.464 e. The highest BCUT2D eigenvalue weighted by atomic mass is 35.5. The zero-order chi connectivity index (χ0) is 33.3. The van der Waals surface area contributed by atoms with Gasteiger partial charge in [0.2, 0.25) is 11.8 Å². The van der Waals surface area contributed by atoms with Crippen molar-refractivity contribution in [2.45, 2.75) is 37.6 Å². The van der Waals surface area contributed by atoms with Crippen molar-refractivity contribution >= 4 is 67.4 Å². The average molecular weight is 671 g/mol. The fraction of sp³-hybridized carbons (Fsp3) is 0.171. The predicted octanol–water partition coefficient (Wildman–Crippen LogP) is 6.22. The van der Waals surface area contributed by atoms with Crippen molar-refractivity contribution in [1.29, 1.82) is 0 Å². The van der Waals surface area contributed by atoms with Crippen LogP contribution >= 0.6 is 11.6 Å². The van der Waals surface area contributed by atoms with Crippen molar-refractivity contribution in [1.82, 2.24) is 5.32 Å². The third-order valence-electron chi connectivity index (χ3n) is 8.02. The minimum absolute atomic E-state index is 0.00739. The van der Waals surface area contributed by atoms with E-state index in [9.17, 15) is 22.8 Å². The molecule has 0 unspecified atom stereocenters. The van der Waals surface area contributed by atoms with Crippen LogP contribution < -0.4 is 20.3 Å². The van der Waals surface area contributed by atoms with Crippen molar-refractivity contribution in [3.05, 3.63) is 118 Å². The summed E-state index contributed by atoms with van der Waals surface area (Å²) in [6.07, 6.45) is 1.66. The third-order valence-corrected chi connectivity index (χ3v) is 10.4. The topological polar surface area (TPSA) is 138 Å². The lowest BCUT2D eigenvalue weighted by Gasteiger charge is -2.37. The number of furan rings is 1. The number of amides is 3. The lowest BCUT2D eigenvalue weighted by Crippen LogP contribution is -2.53. The summed E-state index contributed by atoms with van der Waals surface area (Å²) >= 11 is 6.23. The molecule has 0 aliphatic carbocycles. The van der Waals surface area contributed by atoms with E-state index in [1.54, 1.807) is 86.8 Å². The molecule has 1 aliphatic heterocycles. The molecule has 3 N–H and O–H groups in total. The van der Waals surface area contributed by atoms with E-state index < -0.39 is 27.9 Å². The van der Waals surface area contributed by atoms with Crippen LogP contribution in [0.3, 0.4) is 0 Å². The number of para-hydroxylation sites is 2. The summed E-state index contributed by atoms with van der Waals surface area (Å²) in [7, 11) is -4.27. The smallest absolute Gasteiger partial charge is 0.265 e. The van der Waals surface area contributed by atoms with Crippen LogP contribution in [-0.2, 0) is 26.0 Å². The van der Waals surface area contributed by atoms with Crippen molar-refractivity contribution in [2.75, 3.05) is 21.5 Å². The monoisotopic (exact) mass is 670 g/mol. The Bertz CT molecular complexity index is 2130. The number of sulfonamides is 1. The Morgan fingerprint density at radius 2 is 1.72 bits per heavy atom. The Labute approximate surface area is 276 Å². The first-order valence-electron chi connectivity index (χ1n) is 14.9. The van der Waals surface area contributed by atoms with E-state index >= 15 is 0 Å². The molecule has 12 heteroatoms. The molecular formula is C35H31ClN4O6S. The van der Waals surface area contributed by atoms with Gasteiger partial charge in [0.25, 0.3) is 15.9 Å². The first-order chi connectivity index (χ1) is 22.5. The molecule has 47 heavy (non-hydrogen) atoms. The molecule has 1 atom stereocenters. The second-order valence-electron chi connectivity index (χ2n) is 11.3. The lowest BCUT2D eigenvalue weighted by atomic mass is 10.1. The van der Waals surface area contributed by atoms with Crippen LogP contribution in [0.15, 0.2) is 101 Å². The van der Waals surface area contributed by atoms with Gasteiger partial charge in [0.05, 0.1) is 29.0 Å². The molecule has 4 aromatic carbocycles. The molecule has 0 spiro atoms. The van der Waals surface area contributed by atoms with Crippen molar-refractivity contribution < 1.29 is 27.2 Å². The normalized spacial score (nSPS) is 14.4. The zero-order valence-electron chi connectivity index (χ0n) is 25.5. The summed E-state index contributed by atoms with van der Waals surface area (Å²) < 4.78 is 34.6. The molecule has 0 radical (unpaired) electrons. The van der Waals surface area contributed by atoms with Gasteiger partial charge >= 0.3 is 0 Å². The average Bonchev–Trinajstić information content (AvgIpc) is 3.52. The number of fused-ring (bicyclic) bond motifs is 2. The van der Waals surface area contributed by atoms with E-state index in [4.69, 9.17) is 16.0 Å². The Morgan fingerprint density at radius 1 is 0.957 bits per heavy atom. The molecule has 5 aromatic rings. The number of carbonyl (C=O) groups excluding carboxylic acids is 3. The van der Waals surface area contributed by atoms with Crippen molar-refractivity contribution in [3.63, 3.8) is 0 Å². The number of halogens is 1. The first-order valence-corrected chi connectivity index (χ1v) is 16.7. The minimum atomic E-state index is -4.27. The second-order valence-corrected chi connectivity index (χ2v) is 13.5. The maximum Gasteiger partial charge on any atom is 0.265 e. The first kappa shape index (κ1) is 31.8. The van der Waals surface area contributed by atoms with Gasteiger partial charge in [-0.1, -0.05) is 35.9 Å². The summed E-state index contributed by atoms with van der Waals surface area (Å²) in [4.78, 5) is 39.1. The van der Waals surface area contributed by atoms with Gasteiger partial charge in [-0.15, -0.1) is 0 Å². The van der Waals surface area contributed by atoms with Crippen LogP contribution in [0, 0.1) is 13.8 Å². The van der Waals surface area contributed by atoms with Crippen LogP contribution in [0.5, 0.6) is 0 Å². The lowest BCUT2D eigenvalue weighted by molar-refractivity contribution is -0.125. The van der Waals surface area contributed by atoms with E-state index in [2.05, 4.69) is 16.0 Å². The summed E-state index contributed by atoms with van der Waals surface area (Å²) in [5.41, 5.74) is 4.33. The number of hydrogen-bond donors (Lipinski definition) is 3. The summed E-state index contributed by atoms with van der Waals surface area (Å²) in [5.74, 6) is -1.33. The number of aryl methyl sites for hydroxylation is 2. The number of anilines is 3.